The average molecular weight is 416 g/mol. The highest BCUT2D eigenvalue weighted by atomic mass is 35.5. The van der Waals surface area contributed by atoms with Crippen LogP contribution in [0.4, 0.5) is 0 Å². The first-order chi connectivity index (χ1) is 12.5. The molecule has 1 aromatic carbocycles. The van der Waals surface area contributed by atoms with E-state index in [0.29, 0.717) is 26.2 Å². The Kier molecular flexibility index (Phi) is 7.30. The molecule has 0 saturated carbocycles. The molecular weight excluding hydrogens is 386 g/mol. The SMILES string of the molecule is CC(C)C(NC(=O)c1cc(S(=O)(=O)N2CCN(C)CC2)ccc1Cl)C(C)C. The topological polar surface area (TPSA) is 69.7 Å². The van der Waals surface area contributed by atoms with Gasteiger partial charge in [-0.2, -0.15) is 4.31 Å². The van der Waals surface area contributed by atoms with Gasteiger partial charge in [0.25, 0.3) is 5.91 Å². The maximum Gasteiger partial charge on any atom is 0.253 e. The summed E-state index contributed by atoms with van der Waals surface area (Å²) >= 11 is 6.21. The third-order valence-electron chi connectivity index (χ3n) is 5.02. The second-order valence-electron chi connectivity index (χ2n) is 7.84. The average Bonchev–Trinajstić information content (AvgIpc) is 2.59. The van der Waals surface area contributed by atoms with Crippen molar-refractivity contribution in [2.45, 2.75) is 38.6 Å². The third kappa shape index (κ3) is 5.22. The summed E-state index contributed by atoms with van der Waals surface area (Å²) in [6, 6.07) is 4.32. The van der Waals surface area contributed by atoms with Gasteiger partial charge in [0.05, 0.1) is 15.5 Å². The molecule has 1 fully saturated rings. The van der Waals surface area contributed by atoms with Crippen LogP contribution < -0.4 is 5.32 Å². The summed E-state index contributed by atoms with van der Waals surface area (Å²) in [5.41, 5.74) is 0.193. The fraction of sp³-hybridized carbons (Fsp3) is 0.632. The fourth-order valence-electron chi connectivity index (χ4n) is 3.35. The van der Waals surface area contributed by atoms with Gasteiger partial charge in [-0.15, -0.1) is 0 Å². The Morgan fingerprint density at radius 3 is 2.15 bits per heavy atom. The second-order valence-corrected chi connectivity index (χ2v) is 10.2. The predicted octanol–water partition coefficient (Wildman–Crippen LogP) is 2.69. The van der Waals surface area contributed by atoms with Crippen LogP contribution in [0.25, 0.3) is 0 Å². The molecule has 1 N–H and O–H groups in total. The molecular formula is C19H30ClN3O3S. The quantitative estimate of drug-likeness (QED) is 0.775. The third-order valence-corrected chi connectivity index (χ3v) is 7.24. The lowest BCUT2D eigenvalue weighted by molar-refractivity contribution is 0.0910. The maximum atomic E-state index is 13.0. The van der Waals surface area contributed by atoms with E-state index in [2.05, 4.69) is 10.2 Å². The van der Waals surface area contributed by atoms with Crippen LogP contribution in [-0.2, 0) is 10.0 Å². The van der Waals surface area contributed by atoms with Gasteiger partial charge in [0, 0.05) is 32.2 Å². The molecule has 0 spiro atoms. The Morgan fingerprint density at radius 2 is 1.63 bits per heavy atom. The van der Waals surface area contributed by atoms with Gasteiger partial charge in [0.1, 0.15) is 0 Å². The molecule has 0 aliphatic carbocycles. The van der Waals surface area contributed by atoms with Crippen molar-refractivity contribution in [3.63, 3.8) is 0 Å². The van der Waals surface area contributed by atoms with Gasteiger partial charge >= 0.3 is 0 Å². The molecule has 1 amide bonds. The van der Waals surface area contributed by atoms with Crippen molar-refractivity contribution in [2.24, 2.45) is 11.8 Å². The maximum absolute atomic E-state index is 13.0. The lowest BCUT2D eigenvalue weighted by Crippen LogP contribution is -2.47. The van der Waals surface area contributed by atoms with Gasteiger partial charge < -0.3 is 10.2 Å². The number of sulfonamides is 1. The van der Waals surface area contributed by atoms with E-state index in [9.17, 15) is 13.2 Å². The number of rotatable bonds is 6. The molecule has 1 aliphatic heterocycles. The number of nitrogens with one attached hydrogen (secondary N) is 1. The highest BCUT2D eigenvalue weighted by molar-refractivity contribution is 7.89. The number of carbonyl (C=O) groups excluding carboxylic acids is 1. The number of halogens is 1. The van der Waals surface area contributed by atoms with Crippen LogP contribution >= 0.6 is 11.6 Å². The van der Waals surface area contributed by atoms with Gasteiger partial charge in [0.2, 0.25) is 10.0 Å². The van der Waals surface area contributed by atoms with Gasteiger partial charge in [-0.25, -0.2) is 8.42 Å². The molecule has 1 saturated heterocycles. The molecule has 27 heavy (non-hydrogen) atoms. The van der Waals surface area contributed by atoms with Crippen LogP contribution in [0.1, 0.15) is 38.1 Å². The van der Waals surface area contributed by atoms with Crippen molar-refractivity contribution in [3.05, 3.63) is 28.8 Å². The van der Waals surface area contributed by atoms with E-state index in [0.717, 1.165) is 0 Å². The summed E-state index contributed by atoms with van der Waals surface area (Å²) in [5, 5.41) is 3.24. The highest BCUT2D eigenvalue weighted by Gasteiger charge is 2.29. The summed E-state index contributed by atoms with van der Waals surface area (Å²) < 4.78 is 27.4. The number of piperazine rings is 1. The zero-order valence-electron chi connectivity index (χ0n) is 16.7. The minimum Gasteiger partial charge on any atom is -0.349 e. The molecule has 6 nitrogen and oxygen atoms in total. The van der Waals surface area contributed by atoms with E-state index in [1.165, 1.54) is 22.5 Å². The molecule has 2 rings (SSSR count). The molecule has 1 heterocycles. The van der Waals surface area contributed by atoms with E-state index in [-0.39, 0.29) is 39.3 Å². The number of carbonyl (C=O) groups is 1. The number of hydrogen-bond acceptors (Lipinski definition) is 4. The molecule has 0 aromatic heterocycles. The summed E-state index contributed by atoms with van der Waals surface area (Å²) in [4.78, 5) is 15.0. The largest absolute Gasteiger partial charge is 0.349 e. The summed E-state index contributed by atoms with van der Waals surface area (Å²) in [6.07, 6.45) is 0. The fourth-order valence-corrected chi connectivity index (χ4v) is 5.00. The molecule has 0 atom stereocenters. The number of nitrogens with zero attached hydrogens (tertiary/aromatic N) is 2. The molecule has 0 unspecified atom stereocenters. The van der Waals surface area contributed by atoms with Crippen molar-refractivity contribution in [2.75, 3.05) is 33.2 Å². The molecule has 1 aromatic rings. The zero-order valence-corrected chi connectivity index (χ0v) is 18.3. The first-order valence-corrected chi connectivity index (χ1v) is 11.1. The van der Waals surface area contributed by atoms with Crippen molar-refractivity contribution >= 4 is 27.5 Å². The smallest absolute Gasteiger partial charge is 0.253 e. The van der Waals surface area contributed by atoms with Gasteiger partial charge in [-0.3, -0.25) is 4.79 Å². The van der Waals surface area contributed by atoms with E-state index >= 15 is 0 Å². The van der Waals surface area contributed by atoms with E-state index in [1.54, 1.807) is 0 Å². The summed E-state index contributed by atoms with van der Waals surface area (Å²) in [7, 11) is -1.68. The Hall–Kier alpha value is -1.15. The Bertz CT molecular complexity index is 764. The van der Waals surface area contributed by atoms with Crippen LogP contribution in [0.15, 0.2) is 23.1 Å². The van der Waals surface area contributed by atoms with Crippen molar-refractivity contribution in [3.8, 4) is 0 Å². The lowest BCUT2D eigenvalue weighted by Gasteiger charge is -2.31. The van der Waals surface area contributed by atoms with E-state index in [1.807, 2.05) is 34.7 Å². The predicted molar refractivity (Wildman–Crippen MR) is 109 cm³/mol. The number of hydrogen-bond donors (Lipinski definition) is 1. The van der Waals surface area contributed by atoms with Gasteiger partial charge in [-0.05, 0) is 37.1 Å². The monoisotopic (exact) mass is 415 g/mol. The molecule has 0 radical (unpaired) electrons. The van der Waals surface area contributed by atoms with E-state index < -0.39 is 10.0 Å². The molecule has 152 valence electrons. The summed E-state index contributed by atoms with van der Waals surface area (Å²) in [6.45, 7) is 10.4. The second kappa shape index (κ2) is 8.90. The van der Waals surface area contributed by atoms with Crippen LogP contribution in [0.5, 0.6) is 0 Å². The van der Waals surface area contributed by atoms with Crippen LogP contribution in [0.2, 0.25) is 5.02 Å². The minimum absolute atomic E-state index is 0.0218. The number of likely N-dealkylation sites (N-methyl/N-ethyl adjacent to an activating group) is 1. The highest BCUT2D eigenvalue weighted by Crippen LogP contribution is 2.24. The first-order valence-electron chi connectivity index (χ1n) is 9.33. The Balaban J connectivity index is 2.28. The normalized spacial score (nSPS) is 17.1. The molecule has 8 heteroatoms. The molecule has 0 bridgehead atoms. The minimum atomic E-state index is -3.65. The van der Waals surface area contributed by atoms with Crippen molar-refractivity contribution < 1.29 is 13.2 Å². The Labute approximate surface area is 167 Å². The lowest BCUT2D eigenvalue weighted by atomic mass is 9.93. The number of amides is 1. The standard InChI is InChI=1S/C19H30ClN3O3S/c1-13(2)18(14(3)4)21-19(24)16-12-15(6-7-17(16)20)27(25,26)23-10-8-22(5)9-11-23/h6-7,12-14,18H,8-11H2,1-5H3,(H,21,24). The van der Waals surface area contributed by atoms with Crippen LogP contribution in [-0.4, -0.2) is 62.8 Å². The van der Waals surface area contributed by atoms with Gasteiger partial charge in [0.15, 0.2) is 0 Å². The van der Waals surface area contributed by atoms with Gasteiger partial charge in [-0.1, -0.05) is 39.3 Å². The first kappa shape index (κ1) is 22.1. The van der Waals surface area contributed by atoms with Crippen molar-refractivity contribution in [1.82, 2.24) is 14.5 Å². The summed E-state index contributed by atoms with van der Waals surface area (Å²) in [5.74, 6) is 0.165. The van der Waals surface area contributed by atoms with Crippen LogP contribution in [0.3, 0.4) is 0 Å². The Morgan fingerprint density at radius 1 is 1.07 bits per heavy atom. The van der Waals surface area contributed by atoms with Crippen LogP contribution in [0, 0.1) is 11.8 Å². The zero-order chi connectivity index (χ0) is 20.4. The molecule has 1 aliphatic rings. The van der Waals surface area contributed by atoms with Crippen molar-refractivity contribution in [1.29, 1.82) is 0 Å². The number of benzene rings is 1. The van der Waals surface area contributed by atoms with E-state index in [4.69, 9.17) is 11.6 Å².